The maximum absolute atomic E-state index is 4.95. The second-order valence-electron chi connectivity index (χ2n) is 3.23. The molecule has 5 heteroatoms. The first kappa shape index (κ1) is 9.79. The monoisotopic (exact) mass is 204 g/mol. The molecule has 0 aliphatic rings. The molecule has 0 atom stereocenters. The van der Waals surface area contributed by atoms with Crippen LogP contribution in [0.1, 0.15) is 17.1 Å². The van der Waals surface area contributed by atoms with Gasteiger partial charge in [-0.15, -0.1) is 0 Å². The molecule has 0 saturated carbocycles. The van der Waals surface area contributed by atoms with E-state index in [-0.39, 0.29) is 0 Å². The molecule has 78 valence electrons. The molecule has 1 N–H and O–H groups in total. The van der Waals surface area contributed by atoms with Gasteiger partial charge in [-0.1, -0.05) is 5.16 Å². The molecule has 2 heterocycles. The average Bonchev–Trinajstić information content (AvgIpc) is 2.66. The Bertz CT molecular complexity index is 412. The average molecular weight is 204 g/mol. The molecule has 15 heavy (non-hydrogen) atoms. The van der Waals surface area contributed by atoms with Crippen molar-refractivity contribution in [3.05, 3.63) is 41.8 Å². The molecular weight excluding hydrogens is 192 g/mol. The summed E-state index contributed by atoms with van der Waals surface area (Å²) in [6.07, 6.45) is 3.27. The molecule has 0 aliphatic heterocycles. The minimum absolute atomic E-state index is 0.682. The van der Waals surface area contributed by atoms with Gasteiger partial charge in [-0.3, -0.25) is 0 Å². The van der Waals surface area contributed by atoms with E-state index in [2.05, 4.69) is 20.4 Å². The number of aryl methyl sites for hydroxylation is 1. The van der Waals surface area contributed by atoms with Gasteiger partial charge in [0.1, 0.15) is 12.1 Å². The molecule has 0 spiro atoms. The van der Waals surface area contributed by atoms with Crippen LogP contribution in [-0.4, -0.2) is 15.1 Å². The van der Waals surface area contributed by atoms with Crippen LogP contribution in [0.4, 0.5) is 0 Å². The quantitative estimate of drug-likeness (QED) is 0.806. The summed E-state index contributed by atoms with van der Waals surface area (Å²) in [5.41, 5.74) is 1.87. The molecule has 2 aromatic heterocycles. The minimum atomic E-state index is 0.682. The van der Waals surface area contributed by atoms with Gasteiger partial charge < -0.3 is 9.84 Å². The molecule has 2 aromatic rings. The summed E-state index contributed by atoms with van der Waals surface area (Å²) >= 11 is 0. The Kier molecular flexibility index (Phi) is 3.04. The molecule has 0 radical (unpaired) electrons. The first-order chi connectivity index (χ1) is 7.34. The van der Waals surface area contributed by atoms with Crippen molar-refractivity contribution in [3.63, 3.8) is 0 Å². The smallest absolute Gasteiger partial charge is 0.133 e. The molecule has 0 bridgehead atoms. The Morgan fingerprint density at radius 2 is 2.20 bits per heavy atom. The van der Waals surface area contributed by atoms with Gasteiger partial charge >= 0.3 is 0 Å². The SMILES string of the molecule is Cc1cc(CNCc2ccncn2)no1. The Balaban J connectivity index is 1.80. The maximum atomic E-state index is 4.95. The van der Waals surface area contributed by atoms with Crippen molar-refractivity contribution in [2.24, 2.45) is 0 Å². The van der Waals surface area contributed by atoms with E-state index < -0.39 is 0 Å². The van der Waals surface area contributed by atoms with Crippen molar-refractivity contribution in [2.45, 2.75) is 20.0 Å². The standard InChI is InChI=1S/C10H12N4O/c1-8-4-10(14-15-8)6-12-5-9-2-3-11-7-13-9/h2-4,7,12H,5-6H2,1H3. The lowest BCUT2D eigenvalue weighted by Crippen LogP contribution is -2.13. The number of hydrogen-bond acceptors (Lipinski definition) is 5. The van der Waals surface area contributed by atoms with Gasteiger partial charge in [-0.2, -0.15) is 0 Å². The zero-order chi connectivity index (χ0) is 10.5. The Morgan fingerprint density at radius 1 is 1.33 bits per heavy atom. The van der Waals surface area contributed by atoms with E-state index in [4.69, 9.17) is 4.52 Å². The van der Waals surface area contributed by atoms with Gasteiger partial charge in [-0.25, -0.2) is 9.97 Å². The highest BCUT2D eigenvalue weighted by Crippen LogP contribution is 2.01. The summed E-state index contributed by atoms with van der Waals surface area (Å²) in [5.74, 6) is 0.828. The molecule has 0 amide bonds. The Labute approximate surface area is 87.5 Å². The van der Waals surface area contributed by atoms with Crippen LogP contribution in [0.5, 0.6) is 0 Å². The highest BCUT2D eigenvalue weighted by molar-refractivity contribution is 5.03. The van der Waals surface area contributed by atoms with Gasteiger partial charge in [0.05, 0.1) is 11.4 Å². The van der Waals surface area contributed by atoms with Crippen LogP contribution in [0.3, 0.4) is 0 Å². The lowest BCUT2D eigenvalue weighted by atomic mass is 10.3. The summed E-state index contributed by atoms with van der Waals surface area (Å²) in [4.78, 5) is 7.95. The van der Waals surface area contributed by atoms with Gasteiger partial charge in [0.15, 0.2) is 0 Å². The molecule has 0 aromatic carbocycles. The van der Waals surface area contributed by atoms with E-state index in [0.29, 0.717) is 13.1 Å². The van der Waals surface area contributed by atoms with Gasteiger partial charge in [-0.05, 0) is 13.0 Å². The first-order valence-electron chi connectivity index (χ1n) is 4.72. The van der Waals surface area contributed by atoms with E-state index in [1.54, 1.807) is 6.20 Å². The fraction of sp³-hybridized carbons (Fsp3) is 0.300. The van der Waals surface area contributed by atoms with E-state index in [9.17, 15) is 0 Å². The van der Waals surface area contributed by atoms with Crippen molar-refractivity contribution in [2.75, 3.05) is 0 Å². The van der Waals surface area contributed by atoms with Crippen LogP contribution in [0.15, 0.2) is 29.2 Å². The molecule has 0 unspecified atom stereocenters. The van der Waals surface area contributed by atoms with E-state index in [1.165, 1.54) is 6.33 Å². The van der Waals surface area contributed by atoms with Crippen LogP contribution in [-0.2, 0) is 13.1 Å². The van der Waals surface area contributed by atoms with Crippen LogP contribution in [0, 0.1) is 6.92 Å². The molecule has 0 fully saturated rings. The number of rotatable bonds is 4. The number of nitrogens with one attached hydrogen (secondary N) is 1. The third kappa shape index (κ3) is 2.85. The Hall–Kier alpha value is -1.75. The van der Waals surface area contributed by atoms with Crippen molar-refractivity contribution in [3.8, 4) is 0 Å². The zero-order valence-electron chi connectivity index (χ0n) is 8.47. The van der Waals surface area contributed by atoms with Gasteiger partial charge in [0, 0.05) is 25.4 Å². The maximum Gasteiger partial charge on any atom is 0.133 e. The molecule has 2 rings (SSSR count). The molecular formula is C10H12N4O. The summed E-state index contributed by atoms with van der Waals surface area (Å²) in [7, 11) is 0. The zero-order valence-corrected chi connectivity index (χ0v) is 8.47. The lowest BCUT2D eigenvalue weighted by molar-refractivity contribution is 0.388. The molecule has 5 nitrogen and oxygen atoms in total. The van der Waals surface area contributed by atoms with Crippen LogP contribution < -0.4 is 5.32 Å². The highest BCUT2D eigenvalue weighted by Gasteiger charge is 1.99. The number of nitrogens with zero attached hydrogens (tertiary/aromatic N) is 3. The van der Waals surface area contributed by atoms with E-state index in [1.807, 2.05) is 19.1 Å². The van der Waals surface area contributed by atoms with Crippen LogP contribution in [0.25, 0.3) is 0 Å². The van der Waals surface area contributed by atoms with Crippen molar-refractivity contribution in [1.29, 1.82) is 0 Å². The van der Waals surface area contributed by atoms with Crippen molar-refractivity contribution in [1.82, 2.24) is 20.4 Å². The summed E-state index contributed by atoms with van der Waals surface area (Å²) in [6, 6.07) is 3.79. The fourth-order valence-corrected chi connectivity index (χ4v) is 1.24. The summed E-state index contributed by atoms with van der Waals surface area (Å²) in [5, 5.41) is 7.10. The predicted octanol–water partition coefficient (Wildman–Crippen LogP) is 1.06. The third-order valence-electron chi connectivity index (χ3n) is 1.93. The summed E-state index contributed by atoms with van der Waals surface area (Å²) in [6.45, 7) is 3.26. The normalized spacial score (nSPS) is 10.5. The van der Waals surface area contributed by atoms with E-state index in [0.717, 1.165) is 17.1 Å². The van der Waals surface area contributed by atoms with E-state index >= 15 is 0 Å². The largest absolute Gasteiger partial charge is 0.361 e. The predicted molar refractivity (Wildman–Crippen MR) is 53.8 cm³/mol. The Morgan fingerprint density at radius 3 is 2.87 bits per heavy atom. The van der Waals surface area contributed by atoms with Crippen molar-refractivity contribution < 1.29 is 4.52 Å². The van der Waals surface area contributed by atoms with Crippen LogP contribution >= 0.6 is 0 Å². The van der Waals surface area contributed by atoms with Gasteiger partial charge in [0.25, 0.3) is 0 Å². The summed E-state index contributed by atoms with van der Waals surface area (Å²) < 4.78 is 4.95. The molecule has 0 saturated heterocycles. The molecule has 0 aliphatic carbocycles. The van der Waals surface area contributed by atoms with Crippen LogP contribution in [0.2, 0.25) is 0 Å². The van der Waals surface area contributed by atoms with Crippen molar-refractivity contribution >= 4 is 0 Å². The third-order valence-corrected chi connectivity index (χ3v) is 1.93. The number of aromatic nitrogens is 3. The lowest BCUT2D eigenvalue weighted by Gasteiger charge is -2.00. The minimum Gasteiger partial charge on any atom is -0.361 e. The fourth-order valence-electron chi connectivity index (χ4n) is 1.24. The topological polar surface area (TPSA) is 63.8 Å². The number of hydrogen-bond donors (Lipinski definition) is 1. The second-order valence-corrected chi connectivity index (χ2v) is 3.23. The first-order valence-corrected chi connectivity index (χ1v) is 4.72. The van der Waals surface area contributed by atoms with Gasteiger partial charge in [0.2, 0.25) is 0 Å². The highest BCUT2D eigenvalue weighted by atomic mass is 16.5. The second kappa shape index (κ2) is 4.65.